The number of hydrogen-bond acceptors (Lipinski definition) is 7. The maximum atomic E-state index is 13.5. The number of carbonyl (C=O) groups is 2. The van der Waals surface area contributed by atoms with Gasteiger partial charge in [0.2, 0.25) is 5.91 Å². The first kappa shape index (κ1) is 29.0. The van der Waals surface area contributed by atoms with E-state index in [2.05, 4.69) is 9.89 Å². The molecular weight excluding hydrogens is 577 g/mol. The number of benzene rings is 3. The molecule has 0 N–H and O–H groups in total. The summed E-state index contributed by atoms with van der Waals surface area (Å²) in [6.07, 6.45) is -3.76. The van der Waals surface area contributed by atoms with Crippen molar-refractivity contribution >= 4 is 23.6 Å². The van der Waals surface area contributed by atoms with E-state index in [1.807, 2.05) is 30.3 Å². The molecule has 3 aromatic carbocycles. The molecule has 2 atom stereocenters. The second kappa shape index (κ2) is 12.6. The fourth-order valence-corrected chi connectivity index (χ4v) is 4.83. The first-order valence-corrected chi connectivity index (χ1v) is 13.2. The average molecular weight is 601 g/mol. The fourth-order valence-electron chi connectivity index (χ4n) is 4.67. The molecule has 42 heavy (non-hydrogen) atoms. The quantitative estimate of drug-likeness (QED) is 0.195. The van der Waals surface area contributed by atoms with Gasteiger partial charge in [-0.3, -0.25) is 4.79 Å². The predicted molar refractivity (Wildman–Crippen MR) is 144 cm³/mol. The molecule has 1 saturated heterocycles. The maximum Gasteiger partial charge on any atom is 0.573 e. The number of amides is 2. The van der Waals surface area contributed by atoms with Crippen molar-refractivity contribution in [3.63, 3.8) is 0 Å². The highest BCUT2D eigenvalue weighted by atomic mass is 35.5. The Hall–Kier alpha value is -4.51. The Morgan fingerprint density at radius 2 is 1.81 bits per heavy atom. The molecule has 12 heteroatoms. The summed E-state index contributed by atoms with van der Waals surface area (Å²) in [7, 11) is 0. The molecule has 0 spiro atoms. The van der Waals surface area contributed by atoms with Gasteiger partial charge in [0.1, 0.15) is 31.0 Å². The van der Waals surface area contributed by atoms with E-state index in [4.69, 9.17) is 25.6 Å². The minimum absolute atomic E-state index is 0.0458. The van der Waals surface area contributed by atoms with Crippen LogP contribution >= 0.6 is 11.6 Å². The Labute approximate surface area is 243 Å². The first-order chi connectivity index (χ1) is 20.2. The van der Waals surface area contributed by atoms with E-state index in [1.54, 1.807) is 30.3 Å². The SMILES string of the molecule is O=C(C[C@@H](c1ccc(OCc2ccc(Cl)c(OC(F)(F)F)c2)cc1)c1ccon1)N1C(=O)OC[C@@H]1Cc1ccccc1. The Kier molecular flexibility index (Phi) is 8.67. The fraction of sp³-hybridized carbons (Fsp3) is 0.233. The van der Waals surface area contributed by atoms with Crippen LogP contribution in [0.5, 0.6) is 11.5 Å². The van der Waals surface area contributed by atoms with Gasteiger partial charge in [-0.05, 0) is 47.4 Å². The third kappa shape index (κ3) is 7.22. The van der Waals surface area contributed by atoms with Gasteiger partial charge in [0.05, 0.1) is 16.8 Å². The van der Waals surface area contributed by atoms with E-state index >= 15 is 0 Å². The molecule has 5 rings (SSSR count). The van der Waals surface area contributed by atoms with E-state index in [9.17, 15) is 22.8 Å². The van der Waals surface area contributed by atoms with Crippen molar-refractivity contribution in [2.45, 2.75) is 37.8 Å². The Morgan fingerprint density at radius 1 is 1.05 bits per heavy atom. The minimum Gasteiger partial charge on any atom is -0.489 e. The number of carbonyl (C=O) groups excluding carboxylic acids is 2. The summed E-state index contributed by atoms with van der Waals surface area (Å²) >= 11 is 5.81. The van der Waals surface area contributed by atoms with Gasteiger partial charge in [0.15, 0.2) is 0 Å². The standard InChI is InChI=1S/C30H24ClF3N2O6/c31-25-11-6-20(15-27(25)42-30(32,33)34)17-39-23-9-7-21(8-10-23)24(26-12-13-41-35-26)16-28(37)36-22(18-40-29(36)38)14-19-4-2-1-3-5-19/h1-13,15,22,24H,14,16-18H2/t22-,24-/m0/s1. The summed E-state index contributed by atoms with van der Waals surface area (Å²) in [5.41, 5.74) is 2.60. The zero-order valence-corrected chi connectivity index (χ0v) is 22.7. The lowest BCUT2D eigenvalue weighted by atomic mass is 9.91. The lowest BCUT2D eigenvalue weighted by Gasteiger charge is -2.22. The number of hydrogen-bond donors (Lipinski definition) is 0. The summed E-state index contributed by atoms with van der Waals surface area (Å²) in [6, 6.07) is 21.5. The van der Waals surface area contributed by atoms with E-state index in [1.165, 1.54) is 23.3 Å². The Bertz CT molecular complexity index is 1510. The van der Waals surface area contributed by atoms with Gasteiger partial charge in [-0.2, -0.15) is 0 Å². The summed E-state index contributed by atoms with van der Waals surface area (Å²) in [5, 5.41) is 3.84. The van der Waals surface area contributed by atoms with Gasteiger partial charge >= 0.3 is 12.5 Å². The molecule has 2 amide bonds. The van der Waals surface area contributed by atoms with Crippen LogP contribution in [0.3, 0.4) is 0 Å². The van der Waals surface area contributed by atoms with Gasteiger partial charge < -0.3 is 18.7 Å². The molecular formula is C30H24ClF3N2O6. The van der Waals surface area contributed by atoms with Crippen molar-refractivity contribution in [2.75, 3.05) is 6.61 Å². The number of imide groups is 1. The third-order valence-electron chi connectivity index (χ3n) is 6.65. The number of cyclic esters (lactones) is 1. The normalized spacial score (nSPS) is 15.8. The van der Waals surface area contributed by atoms with E-state index in [0.717, 1.165) is 11.6 Å². The van der Waals surface area contributed by atoms with Crippen molar-refractivity contribution in [1.29, 1.82) is 0 Å². The van der Waals surface area contributed by atoms with Crippen molar-refractivity contribution in [3.05, 3.63) is 113 Å². The van der Waals surface area contributed by atoms with Crippen LogP contribution in [0.2, 0.25) is 5.02 Å². The molecule has 0 bridgehead atoms. The zero-order valence-electron chi connectivity index (χ0n) is 21.9. The molecule has 0 saturated carbocycles. The van der Waals surface area contributed by atoms with Gasteiger partial charge in [0, 0.05) is 18.4 Å². The number of nitrogens with zero attached hydrogens (tertiary/aromatic N) is 2. The Balaban J connectivity index is 1.27. The molecule has 0 aliphatic carbocycles. The number of rotatable bonds is 10. The van der Waals surface area contributed by atoms with Crippen LogP contribution < -0.4 is 9.47 Å². The number of aromatic nitrogens is 1. The molecule has 8 nitrogen and oxygen atoms in total. The van der Waals surface area contributed by atoms with Crippen molar-refractivity contribution in [3.8, 4) is 11.5 Å². The molecule has 1 aromatic heterocycles. The van der Waals surface area contributed by atoms with Crippen molar-refractivity contribution in [2.24, 2.45) is 0 Å². The maximum absolute atomic E-state index is 13.5. The second-order valence-electron chi connectivity index (χ2n) is 9.54. The van der Waals surface area contributed by atoms with Crippen LogP contribution in [0.1, 0.15) is 34.7 Å². The van der Waals surface area contributed by atoms with E-state index in [-0.39, 0.29) is 24.7 Å². The number of ether oxygens (including phenoxy) is 3. The molecule has 1 aliphatic rings. The van der Waals surface area contributed by atoms with Crippen LogP contribution in [0.4, 0.5) is 18.0 Å². The lowest BCUT2D eigenvalue weighted by molar-refractivity contribution is -0.274. The first-order valence-electron chi connectivity index (χ1n) is 12.9. The summed E-state index contributed by atoms with van der Waals surface area (Å²) in [5.74, 6) is -1.03. The number of halogens is 4. The molecule has 1 fully saturated rings. The molecule has 4 aromatic rings. The topological polar surface area (TPSA) is 91.1 Å². The third-order valence-corrected chi connectivity index (χ3v) is 6.96. The van der Waals surface area contributed by atoms with Crippen LogP contribution in [0, 0.1) is 0 Å². The van der Waals surface area contributed by atoms with Crippen LogP contribution in [0.25, 0.3) is 0 Å². The lowest BCUT2D eigenvalue weighted by Crippen LogP contribution is -2.40. The van der Waals surface area contributed by atoms with Crippen LogP contribution in [0.15, 0.2) is 89.6 Å². The average Bonchev–Trinajstić information content (AvgIpc) is 3.62. The number of alkyl halides is 3. The molecule has 2 heterocycles. The zero-order chi connectivity index (χ0) is 29.7. The van der Waals surface area contributed by atoms with Gasteiger partial charge in [0.25, 0.3) is 0 Å². The van der Waals surface area contributed by atoms with E-state index in [0.29, 0.717) is 29.0 Å². The highest BCUT2D eigenvalue weighted by molar-refractivity contribution is 6.32. The Morgan fingerprint density at radius 3 is 2.50 bits per heavy atom. The highest BCUT2D eigenvalue weighted by Gasteiger charge is 2.39. The highest BCUT2D eigenvalue weighted by Crippen LogP contribution is 2.33. The van der Waals surface area contributed by atoms with Gasteiger partial charge in [-0.15, -0.1) is 13.2 Å². The molecule has 0 radical (unpaired) electrons. The predicted octanol–water partition coefficient (Wildman–Crippen LogP) is 6.92. The molecule has 1 aliphatic heterocycles. The summed E-state index contributed by atoms with van der Waals surface area (Å²) in [6.45, 7) is 0.0629. The molecule has 0 unspecified atom stereocenters. The van der Waals surface area contributed by atoms with Crippen molar-refractivity contribution in [1.82, 2.24) is 10.1 Å². The largest absolute Gasteiger partial charge is 0.573 e. The summed E-state index contributed by atoms with van der Waals surface area (Å²) in [4.78, 5) is 27.1. The van der Waals surface area contributed by atoms with Crippen LogP contribution in [-0.4, -0.2) is 41.1 Å². The van der Waals surface area contributed by atoms with E-state index < -0.39 is 36.1 Å². The van der Waals surface area contributed by atoms with Gasteiger partial charge in [-0.25, -0.2) is 9.69 Å². The monoisotopic (exact) mass is 600 g/mol. The second-order valence-corrected chi connectivity index (χ2v) is 9.94. The van der Waals surface area contributed by atoms with Crippen molar-refractivity contribution < 1.29 is 41.5 Å². The summed E-state index contributed by atoms with van der Waals surface area (Å²) < 4.78 is 57.8. The van der Waals surface area contributed by atoms with Gasteiger partial charge in [-0.1, -0.05) is 65.3 Å². The smallest absolute Gasteiger partial charge is 0.489 e. The molecule has 218 valence electrons. The minimum atomic E-state index is -4.88. The van der Waals surface area contributed by atoms with Crippen LogP contribution in [-0.2, 0) is 22.6 Å².